The number of nitrogens with zero attached hydrogens (tertiary/aromatic N) is 4. The zero-order chi connectivity index (χ0) is 22.3. The molecule has 2 heterocycles. The maximum absolute atomic E-state index is 12.8. The van der Waals surface area contributed by atoms with Crippen LogP contribution >= 0.6 is 11.8 Å². The smallest absolute Gasteiger partial charge is 0.233 e. The molecule has 0 aliphatic heterocycles. The Bertz CT molecular complexity index is 1020. The second kappa shape index (κ2) is 10.6. The van der Waals surface area contributed by atoms with Crippen LogP contribution in [0.4, 0.5) is 0 Å². The highest BCUT2D eigenvalue weighted by Crippen LogP contribution is 2.31. The lowest BCUT2D eigenvalue weighted by Gasteiger charge is -2.24. The summed E-state index contributed by atoms with van der Waals surface area (Å²) in [5, 5.41) is 12.5. The standard InChI is InChI=1S/C24H29N5O2S/c1-3-31-21-11-9-20(10-12-21)29-22(18-13-15-25-16-14-18)27-28-24(29)32-17(2)23(30)26-19-7-5-4-6-8-19/h9-17,19H,3-8H2,1-2H3,(H,26,30). The van der Waals surface area contributed by atoms with E-state index in [1.165, 1.54) is 31.0 Å². The number of thioether (sulfide) groups is 1. The summed E-state index contributed by atoms with van der Waals surface area (Å²) in [5.41, 5.74) is 1.82. The molecule has 168 valence electrons. The van der Waals surface area contributed by atoms with Crippen molar-refractivity contribution in [3.63, 3.8) is 0 Å². The van der Waals surface area contributed by atoms with Crippen molar-refractivity contribution in [1.82, 2.24) is 25.1 Å². The average molecular weight is 452 g/mol. The van der Waals surface area contributed by atoms with E-state index >= 15 is 0 Å². The first kappa shape index (κ1) is 22.3. The van der Waals surface area contributed by atoms with Gasteiger partial charge in [-0.1, -0.05) is 31.0 Å². The molecule has 32 heavy (non-hydrogen) atoms. The normalized spacial score (nSPS) is 15.3. The Hall–Kier alpha value is -2.87. The molecule has 0 radical (unpaired) electrons. The summed E-state index contributed by atoms with van der Waals surface area (Å²) in [4.78, 5) is 16.9. The Morgan fingerprint density at radius 3 is 2.53 bits per heavy atom. The number of amides is 1. The maximum Gasteiger partial charge on any atom is 0.233 e. The van der Waals surface area contributed by atoms with Crippen molar-refractivity contribution in [3.05, 3.63) is 48.8 Å². The van der Waals surface area contributed by atoms with Crippen LogP contribution in [0.5, 0.6) is 5.75 Å². The lowest BCUT2D eigenvalue weighted by Crippen LogP contribution is -2.40. The minimum absolute atomic E-state index is 0.0496. The highest BCUT2D eigenvalue weighted by Gasteiger charge is 2.24. The van der Waals surface area contributed by atoms with Crippen LogP contribution in [0.1, 0.15) is 46.0 Å². The number of carbonyl (C=O) groups excluding carboxylic acids is 1. The van der Waals surface area contributed by atoms with Crippen molar-refractivity contribution in [1.29, 1.82) is 0 Å². The number of benzene rings is 1. The molecule has 1 N–H and O–H groups in total. The molecular formula is C24H29N5O2S. The molecule has 1 amide bonds. The molecule has 1 unspecified atom stereocenters. The molecule has 1 aliphatic carbocycles. The van der Waals surface area contributed by atoms with Gasteiger partial charge in [0.1, 0.15) is 5.75 Å². The number of rotatable bonds is 8. The lowest BCUT2D eigenvalue weighted by molar-refractivity contribution is -0.121. The van der Waals surface area contributed by atoms with Gasteiger partial charge in [0.15, 0.2) is 11.0 Å². The fourth-order valence-electron chi connectivity index (χ4n) is 3.90. The number of hydrogen-bond donors (Lipinski definition) is 1. The van der Waals surface area contributed by atoms with Crippen LogP contribution < -0.4 is 10.1 Å². The topological polar surface area (TPSA) is 81.9 Å². The van der Waals surface area contributed by atoms with Gasteiger partial charge in [-0.15, -0.1) is 10.2 Å². The summed E-state index contributed by atoms with van der Waals surface area (Å²) in [7, 11) is 0. The predicted octanol–water partition coefficient (Wildman–Crippen LogP) is 4.66. The summed E-state index contributed by atoms with van der Waals surface area (Å²) >= 11 is 1.42. The Morgan fingerprint density at radius 2 is 1.84 bits per heavy atom. The van der Waals surface area contributed by atoms with Crippen LogP contribution in [0.3, 0.4) is 0 Å². The molecule has 1 aliphatic rings. The summed E-state index contributed by atoms with van der Waals surface area (Å²) in [6.45, 7) is 4.50. The third kappa shape index (κ3) is 5.30. The molecule has 7 nitrogen and oxygen atoms in total. The number of hydrogen-bond acceptors (Lipinski definition) is 6. The van der Waals surface area contributed by atoms with Gasteiger partial charge in [-0.05, 0) is 63.1 Å². The van der Waals surface area contributed by atoms with E-state index in [2.05, 4.69) is 20.5 Å². The number of carbonyl (C=O) groups is 1. The lowest BCUT2D eigenvalue weighted by atomic mass is 9.95. The van der Waals surface area contributed by atoms with Gasteiger partial charge in [-0.2, -0.15) is 0 Å². The summed E-state index contributed by atoms with van der Waals surface area (Å²) in [6.07, 6.45) is 9.25. The average Bonchev–Trinajstić information content (AvgIpc) is 3.24. The van der Waals surface area contributed by atoms with E-state index < -0.39 is 0 Å². The molecule has 2 aromatic heterocycles. The summed E-state index contributed by atoms with van der Waals surface area (Å²) in [5.74, 6) is 1.57. The first-order valence-electron chi connectivity index (χ1n) is 11.2. The van der Waals surface area contributed by atoms with Crippen molar-refractivity contribution in [2.45, 2.75) is 62.4 Å². The van der Waals surface area contributed by atoms with E-state index in [4.69, 9.17) is 4.74 Å². The minimum Gasteiger partial charge on any atom is -0.494 e. The third-order valence-corrected chi connectivity index (χ3v) is 6.62. The zero-order valence-corrected chi connectivity index (χ0v) is 19.3. The van der Waals surface area contributed by atoms with Gasteiger partial charge in [0.05, 0.1) is 11.9 Å². The Morgan fingerprint density at radius 1 is 1.12 bits per heavy atom. The van der Waals surface area contributed by atoms with Gasteiger partial charge in [0.25, 0.3) is 0 Å². The van der Waals surface area contributed by atoms with Crippen LogP contribution in [0, 0.1) is 0 Å². The van der Waals surface area contributed by atoms with Gasteiger partial charge in [-0.3, -0.25) is 14.3 Å². The minimum atomic E-state index is -0.284. The van der Waals surface area contributed by atoms with Crippen LogP contribution in [-0.4, -0.2) is 43.6 Å². The molecule has 1 saturated carbocycles. The van der Waals surface area contributed by atoms with Crippen molar-refractivity contribution in [2.75, 3.05) is 6.61 Å². The molecule has 0 bridgehead atoms. The second-order valence-electron chi connectivity index (χ2n) is 7.91. The Labute approximate surface area is 193 Å². The highest BCUT2D eigenvalue weighted by atomic mass is 32.2. The van der Waals surface area contributed by atoms with Crippen LogP contribution in [0.25, 0.3) is 17.1 Å². The van der Waals surface area contributed by atoms with E-state index in [1.807, 2.05) is 54.8 Å². The van der Waals surface area contributed by atoms with E-state index in [1.54, 1.807) is 12.4 Å². The number of pyridine rings is 1. The van der Waals surface area contributed by atoms with E-state index in [9.17, 15) is 4.79 Å². The first-order valence-corrected chi connectivity index (χ1v) is 12.1. The van der Waals surface area contributed by atoms with Crippen molar-refractivity contribution < 1.29 is 9.53 Å². The number of nitrogens with one attached hydrogen (secondary N) is 1. The van der Waals surface area contributed by atoms with Crippen LogP contribution in [-0.2, 0) is 4.79 Å². The molecule has 1 fully saturated rings. The van der Waals surface area contributed by atoms with Crippen molar-refractivity contribution in [3.8, 4) is 22.8 Å². The number of ether oxygens (including phenoxy) is 1. The largest absolute Gasteiger partial charge is 0.494 e. The van der Waals surface area contributed by atoms with Crippen LogP contribution in [0.2, 0.25) is 0 Å². The predicted molar refractivity (Wildman–Crippen MR) is 126 cm³/mol. The molecule has 0 spiro atoms. The van der Waals surface area contributed by atoms with Crippen molar-refractivity contribution in [2.24, 2.45) is 0 Å². The van der Waals surface area contributed by atoms with E-state index in [0.29, 0.717) is 17.6 Å². The first-order chi connectivity index (χ1) is 15.7. The van der Waals surface area contributed by atoms with Gasteiger partial charge in [0, 0.05) is 29.7 Å². The second-order valence-corrected chi connectivity index (χ2v) is 9.22. The summed E-state index contributed by atoms with van der Waals surface area (Å²) in [6, 6.07) is 11.9. The van der Waals surface area contributed by atoms with E-state index in [-0.39, 0.29) is 17.2 Å². The van der Waals surface area contributed by atoms with Crippen molar-refractivity contribution >= 4 is 17.7 Å². The fourth-order valence-corrected chi connectivity index (χ4v) is 4.78. The third-order valence-electron chi connectivity index (χ3n) is 5.58. The Balaban J connectivity index is 1.60. The monoisotopic (exact) mass is 451 g/mol. The van der Waals surface area contributed by atoms with Gasteiger partial charge >= 0.3 is 0 Å². The van der Waals surface area contributed by atoms with Crippen LogP contribution in [0.15, 0.2) is 53.9 Å². The fraction of sp³-hybridized carbons (Fsp3) is 0.417. The SMILES string of the molecule is CCOc1ccc(-n2c(SC(C)C(=O)NC3CCCCC3)nnc2-c2ccncc2)cc1. The molecular weight excluding hydrogens is 422 g/mol. The molecule has 1 aromatic carbocycles. The number of aromatic nitrogens is 4. The Kier molecular flexibility index (Phi) is 7.42. The molecule has 4 rings (SSSR count). The van der Waals surface area contributed by atoms with Gasteiger partial charge < -0.3 is 10.1 Å². The molecule has 8 heteroatoms. The molecule has 1 atom stereocenters. The van der Waals surface area contributed by atoms with E-state index in [0.717, 1.165) is 29.8 Å². The van der Waals surface area contributed by atoms with Gasteiger partial charge in [0.2, 0.25) is 5.91 Å². The highest BCUT2D eigenvalue weighted by molar-refractivity contribution is 8.00. The molecule has 0 saturated heterocycles. The molecule has 3 aromatic rings. The maximum atomic E-state index is 12.8. The van der Waals surface area contributed by atoms with Gasteiger partial charge in [-0.25, -0.2) is 0 Å². The summed E-state index contributed by atoms with van der Waals surface area (Å²) < 4.78 is 7.57. The zero-order valence-electron chi connectivity index (χ0n) is 18.5. The quantitative estimate of drug-likeness (QED) is 0.502.